The minimum Gasteiger partial charge on any atom is -0.392 e. The third-order valence-corrected chi connectivity index (χ3v) is 8.73. The predicted molar refractivity (Wildman–Crippen MR) is 180 cm³/mol. The maximum atomic E-state index is 12.3. The minimum absolute atomic E-state index is 0.128. The van der Waals surface area contributed by atoms with Crippen LogP contribution in [-0.4, -0.2) is 117 Å². The molecule has 10 heteroatoms. The van der Waals surface area contributed by atoms with E-state index in [-0.39, 0.29) is 11.5 Å². The van der Waals surface area contributed by atoms with Crippen molar-refractivity contribution < 1.29 is 42.8 Å². The van der Waals surface area contributed by atoms with Crippen molar-refractivity contribution in [3.8, 4) is 0 Å². The van der Waals surface area contributed by atoms with Gasteiger partial charge in [0.25, 0.3) is 0 Å². The van der Waals surface area contributed by atoms with Crippen LogP contribution in [0, 0.1) is 0 Å². The van der Waals surface area contributed by atoms with Crippen LogP contribution in [0.2, 0.25) is 0 Å². The van der Waals surface area contributed by atoms with Gasteiger partial charge in [0.15, 0.2) is 0 Å². The molecule has 0 aromatic rings. The molecule has 2 atom stereocenters. The van der Waals surface area contributed by atoms with Crippen molar-refractivity contribution in [2.75, 3.05) is 90.8 Å². The third kappa shape index (κ3) is 36.3. The molecule has 0 rings (SSSR count). The summed E-state index contributed by atoms with van der Waals surface area (Å²) < 4.78 is 45.4. The van der Waals surface area contributed by atoms with Gasteiger partial charge in [0, 0.05) is 48.7 Å². The second kappa shape index (κ2) is 37.3. The molecule has 0 aromatic carbocycles. The Kier molecular flexibility index (Phi) is 37.1. The van der Waals surface area contributed by atoms with Gasteiger partial charge in [-0.3, -0.25) is 4.21 Å². The van der Waals surface area contributed by atoms with Gasteiger partial charge in [-0.1, -0.05) is 90.9 Å². The van der Waals surface area contributed by atoms with Crippen LogP contribution in [0.1, 0.15) is 117 Å². The Balaban J connectivity index is 3.37. The number of rotatable bonds is 38. The Morgan fingerprint density at radius 1 is 0.409 bits per heavy atom. The van der Waals surface area contributed by atoms with E-state index in [2.05, 4.69) is 13.8 Å². The standard InChI is InChI=1S/C34H70O9S/c1-3-5-7-9-11-13-15-19-38-23-27-42-29-25-40-21-17-33(35)31-44(37)32-34(36)18-22-41-26-30-43-28-24-39-20-16-14-12-10-8-6-4-2/h33-36H,3-32H2,1-2H3. The smallest absolute Gasteiger partial charge is 0.0701 e. The summed E-state index contributed by atoms with van der Waals surface area (Å²) in [5.41, 5.74) is 0. The lowest BCUT2D eigenvalue weighted by atomic mass is 10.1. The molecular formula is C34H70O9S. The van der Waals surface area contributed by atoms with Crippen molar-refractivity contribution in [2.45, 2.75) is 129 Å². The first-order chi connectivity index (χ1) is 21.6. The summed E-state index contributed by atoms with van der Waals surface area (Å²) in [6.07, 6.45) is 17.3. The van der Waals surface area contributed by atoms with E-state index in [1.54, 1.807) is 0 Å². The average molecular weight is 655 g/mol. The van der Waals surface area contributed by atoms with Gasteiger partial charge in [-0.05, 0) is 25.7 Å². The summed E-state index contributed by atoms with van der Waals surface area (Å²) in [6, 6.07) is 0. The van der Waals surface area contributed by atoms with Gasteiger partial charge in [0.2, 0.25) is 0 Å². The van der Waals surface area contributed by atoms with Crippen LogP contribution in [0.15, 0.2) is 0 Å². The first-order valence-corrected chi connectivity index (χ1v) is 19.3. The van der Waals surface area contributed by atoms with E-state index in [0.717, 1.165) is 26.1 Å². The zero-order valence-electron chi connectivity index (χ0n) is 28.5. The molecule has 2 unspecified atom stereocenters. The number of aliphatic hydroxyl groups excluding tert-OH is 2. The molecule has 0 heterocycles. The number of unbranched alkanes of at least 4 members (excludes halogenated alkanes) is 12. The molecule has 0 aliphatic carbocycles. The Hall–Kier alpha value is -0.170. The van der Waals surface area contributed by atoms with E-state index >= 15 is 0 Å². The van der Waals surface area contributed by atoms with Gasteiger partial charge in [-0.15, -0.1) is 0 Å². The van der Waals surface area contributed by atoms with Crippen LogP contribution in [0.5, 0.6) is 0 Å². The summed E-state index contributed by atoms with van der Waals surface area (Å²) >= 11 is 0. The molecule has 0 amide bonds. The van der Waals surface area contributed by atoms with E-state index in [1.807, 2.05) is 0 Å². The van der Waals surface area contributed by atoms with E-state index < -0.39 is 23.0 Å². The van der Waals surface area contributed by atoms with Crippen LogP contribution in [0.3, 0.4) is 0 Å². The van der Waals surface area contributed by atoms with Crippen LogP contribution in [0.25, 0.3) is 0 Å². The number of aliphatic hydroxyl groups is 2. The molecule has 0 aliphatic rings. The molecule has 0 spiro atoms. The highest BCUT2D eigenvalue weighted by molar-refractivity contribution is 7.85. The summed E-state index contributed by atoms with van der Waals surface area (Å²) in [6.45, 7) is 11.0. The van der Waals surface area contributed by atoms with Crippen molar-refractivity contribution in [2.24, 2.45) is 0 Å². The van der Waals surface area contributed by atoms with Crippen molar-refractivity contribution in [1.82, 2.24) is 0 Å². The van der Waals surface area contributed by atoms with Crippen molar-refractivity contribution in [3.05, 3.63) is 0 Å². The highest BCUT2D eigenvalue weighted by Gasteiger charge is 2.14. The lowest BCUT2D eigenvalue weighted by Crippen LogP contribution is -2.26. The summed E-state index contributed by atoms with van der Waals surface area (Å²) in [7, 11) is -1.31. The Morgan fingerprint density at radius 2 is 0.682 bits per heavy atom. The highest BCUT2D eigenvalue weighted by Crippen LogP contribution is 2.08. The molecule has 2 N–H and O–H groups in total. The summed E-state index contributed by atoms with van der Waals surface area (Å²) in [4.78, 5) is 0. The average Bonchev–Trinajstić information content (AvgIpc) is 3.00. The fraction of sp³-hybridized carbons (Fsp3) is 1.00. The van der Waals surface area contributed by atoms with Crippen LogP contribution < -0.4 is 0 Å². The van der Waals surface area contributed by atoms with Crippen LogP contribution in [-0.2, 0) is 39.2 Å². The summed E-state index contributed by atoms with van der Waals surface area (Å²) in [5, 5.41) is 20.2. The molecule has 0 saturated carbocycles. The molecule has 266 valence electrons. The highest BCUT2D eigenvalue weighted by atomic mass is 32.2. The fourth-order valence-corrected chi connectivity index (χ4v) is 5.84. The predicted octanol–water partition coefficient (Wildman–Crippen LogP) is 5.84. The Labute approximate surface area is 272 Å². The number of hydrogen-bond donors (Lipinski definition) is 2. The molecule has 9 nitrogen and oxygen atoms in total. The molecule has 0 saturated heterocycles. The second-order valence-electron chi connectivity index (χ2n) is 11.6. The van der Waals surface area contributed by atoms with Crippen molar-refractivity contribution in [3.63, 3.8) is 0 Å². The second-order valence-corrected chi connectivity index (χ2v) is 13.1. The zero-order valence-corrected chi connectivity index (χ0v) is 29.3. The van der Waals surface area contributed by atoms with E-state index in [0.29, 0.717) is 78.9 Å². The van der Waals surface area contributed by atoms with Gasteiger partial charge in [-0.2, -0.15) is 0 Å². The Morgan fingerprint density at radius 3 is 1.02 bits per heavy atom. The van der Waals surface area contributed by atoms with E-state index in [1.165, 1.54) is 77.0 Å². The topological polar surface area (TPSA) is 113 Å². The van der Waals surface area contributed by atoms with Gasteiger partial charge in [0.1, 0.15) is 0 Å². The first kappa shape index (κ1) is 43.8. The number of ether oxygens (including phenoxy) is 6. The minimum atomic E-state index is -1.31. The maximum Gasteiger partial charge on any atom is 0.0701 e. The SMILES string of the molecule is CCCCCCCCCOCCOCCOCCC(O)CS(=O)CC(O)CCOCCOCCOCCCCCCCCC. The summed E-state index contributed by atoms with van der Waals surface area (Å²) in [5.74, 6) is 0.255. The van der Waals surface area contributed by atoms with Gasteiger partial charge in [0.05, 0.1) is 65.1 Å². The third-order valence-electron chi connectivity index (χ3n) is 7.22. The number of hydrogen-bond acceptors (Lipinski definition) is 9. The lowest BCUT2D eigenvalue weighted by Gasteiger charge is -2.14. The van der Waals surface area contributed by atoms with Crippen LogP contribution >= 0.6 is 0 Å². The Bertz CT molecular complexity index is 525. The maximum absolute atomic E-state index is 12.3. The van der Waals surface area contributed by atoms with E-state index in [4.69, 9.17) is 28.4 Å². The van der Waals surface area contributed by atoms with Crippen molar-refractivity contribution in [1.29, 1.82) is 0 Å². The molecular weight excluding hydrogens is 584 g/mol. The van der Waals surface area contributed by atoms with Gasteiger partial charge < -0.3 is 38.6 Å². The van der Waals surface area contributed by atoms with E-state index in [9.17, 15) is 14.4 Å². The normalized spacial score (nSPS) is 13.8. The van der Waals surface area contributed by atoms with Crippen molar-refractivity contribution >= 4 is 10.8 Å². The van der Waals surface area contributed by atoms with Gasteiger partial charge in [-0.25, -0.2) is 0 Å². The fourth-order valence-electron chi connectivity index (χ4n) is 4.51. The molecule has 0 bridgehead atoms. The quantitative estimate of drug-likeness (QED) is 0.0794. The van der Waals surface area contributed by atoms with Gasteiger partial charge >= 0.3 is 0 Å². The zero-order chi connectivity index (χ0) is 32.2. The largest absolute Gasteiger partial charge is 0.392 e. The monoisotopic (exact) mass is 654 g/mol. The molecule has 44 heavy (non-hydrogen) atoms. The van der Waals surface area contributed by atoms with Crippen LogP contribution in [0.4, 0.5) is 0 Å². The lowest BCUT2D eigenvalue weighted by molar-refractivity contribution is 0.00834. The molecule has 0 radical (unpaired) electrons. The molecule has 0 aliphatic heterocycles. The first-order valence-electron chi connectivity index (χ1n) is 17.8. The molecule has 0 aromatic heterocycles. The molecule has 0 fully saturated rings.